The van der Waals surface area contributed by atoms with Crippen LogP contribution in [0.1, 0.15) is 35.7 Å². The molecule has 0 atom stereocenters. The van der Waals surface area contributed by atoms with Crippen LogP contribution in [-0.2, 0) is 0 Å². The van der Waals surface area contributed by atoms with E-state index in [0.717, 1.165) is 5.69 Å². The highest BCUT2D eigenvalue weighted by molar-refractivity contribution is 7.71. The first-order valence-electron chi connectivity index (χ1n) is 7.62. The lowest BCUT2D eigenvalue weighted by atomic mass is 10.0. The van der Waals surface area contributed by atoms with Gasteiger partial charge >= 0.3 is 0 Å². The van der Waals surface area contributed by atoms with E-state index < -0.39 is 0 Å². The second kappa shape index (κ2) is 6.41. The summed E-state index contributed by atoms with van der Waals surface area (Å²) >= 11 is 4.96. The molecule has 0 saturated heterocycles. The molecule has 6 heteroatoms. The second-order valence-corrected chi connectivity index (χ2v) is 6.31. The Morgan fingerprint density at radius 3 is 2.46 bits per heavy atom. The van der Waals surface area contributed by atoms with Crippen molar-refractivity contribution in [1.82, 2.24) is 9.97 Å². The molecule has 0 aliphatic rings. The van der Waals surface area contributed by atoms with Crippen LogP contribution in [0.25, 0.3) is 10.9 Å². The number of fused-ring (bicyclic) bond motifs is 1. The summed E-state index contributed by atoms with van der Waals surface area (Å²) in [7, 11) is 0. The maximum Gasteiger partial charge on any atom is 0.259 e. The molecule has 0 fully saturated rings. The molecule has 1 amide bonds. The number of hydrogen-bond acceptors (Lipinski definition) is 3. The Morgan fingerprint density at radius 1 is 1.08 bits per heavy atom. The topological polar surface area (TPSA) is 77.8 Å². The van der Waals surface area contributed by atoms with Gasteiger partial charge in [0.1, 0.15) is 0 Å². The predicted octanol–water partition coefficient (Wildman–Crippen LogP) is 3.96. The maximum atomic E-state index is 12.4. The van der Waals surface area contributed by atoms with Crippen molar-refractivity contribution in [2.75, 3.05) is 5.32 Å². The molecule has 1 aromatic heterocycles. The standard InChI is InChI=1S/C18H17N3O2S/c1-10(2)11-3-6-13(7-4-11)19-16(22)12-5-8-14-15(9-12)20-18(24)21-17(14)23/h3-10H,1-2H3,(H,19,22)(H2,20,21,23,24). The summed E-state index contributed by atoms with van der Waals surface area (Å²) in [6, 6.07) is 12.6. The molecule has 2 aromatic carbocycles. The number of aromatic amines is 2. The van der Waals surface area contributed by atoms with Gasteiger partial charge in [-0.25, -0.2) is 0 Å². The van der Waals surface area contributed by atoms with Crippen molar-refractivity contribution in [2.24, 2.45) is 0 Å². The van der Waals surface area contributed by atoms with Gasteiger partial charge in [0.15, 0.2) is 4.77 Å². The van der Waals surface area contributed by atoms with E-state index in [0.29, 0.717) is 22.4 Å². The molecule has 0 unspecified atom stereocenters. The van der Waals surface area contributed by atoms with Crippen LogP contribution in [0.15, 0.2) is 47.3 Å². The van der Waals surface area contributed by atoms with Crippen molar-refractivity contribution in [2.45, 2.75) is 19.8 Å². The minimum atomic E-state index is -0.273. The summed E-state index contributed by atoms with van der Waals surface area (Å²) in [6.07, 6.45) is 0. The highest BCUT2D eigenvalue weighted by Crippen LogP contribution is 2.18. The summed E-state index contributed by atoms with van der Waals surface area (Å²) in [5, 5.41) is 3.31. The van der Waals surface area contributed by atoms with Gasteiger partial charge in [0.05, 0.1) is 10.9 Å². The van der Waals surface area contributed by atoms with E-state index in [1.807, 2.05) is 24.3 Å². The molecular formula is C18H17N3O2S. The monoisotopic (exact) mass is 339 g/mol. The number of benzene rings is 2. The van der Waals surface area contributed by atoms with E-state index in [1.165, 1.54) is 5.56 Å². The summed E-state index contributed by atoms with van der Waals surface area (Å²) < 4.78 is 0.231. The lowest BCUT2D eigenvalue weighted by molar-refractivity contribution is 0.102. The van der Waals surface area contributed by atoms with Gasteiger partial charge < -0.3 is 10.3 Å². The van der Waals surface area contributed by atoms with Crippen molar-refractivity contribution in [3.8, 4) is 0 Å². The molecule has 1 heterocycles. The van der Waals surface area contributed by atoms with Gasteiger partial charge in [0, 0.05) is 11.3 Å². The van der Waals surface area contributed by atoms with Gasteiger partial charge in [-0.15, -0.1) is 0 Å². The molecular weight excluding hydrogens is 322 g/mol. The summed E-state index contributed by atoms with van der Waals surface area (Å²) in [6.45, 7) is 4.24. The van der Waals surface area contributed by atoms with Crippen LogP contribution in [0, 0.1) is 4.77 Å². The zero-order valence-corrected chi connectivity index (χ0v) is 14.2. The fourth-order valence-electron chi connectivity index (χ4n) is 2.47. The molecule has 0 aliphatic heterocycles. The Morgan fingerprint density at radius 2 is 1.79 bits per heavy atom. The molecule has 3 N–H and O–H groups in total. The van der Waals surface area contributed by atoms with Crippen molar-refractivity contribution < 1.29 is 4.79 Å². The van der Waals surface area contributed by atoms with Gasteiger partial charge in [0.2, 0.25) is 0 Å². The van der Waals surface area contributed by atoms with E-state index in [2.05, 4.69) is 29.1 Å². The van der Waals surface area contributed by atoms with Gasteiger partial charge in [-0.05, 0) is 54.0 Å². The fourth-order valence-corrected chi connectivity index (χ4v) is 2.67. The number of rotatable bonds is 3. The molecule has 122 valence electrons. The largest absolute Gasteiger partial charge is 0.332 e. The molecule has 3 rings (SSSR count). The molecule has 0 aliphatic carbocycles. The number of amides is 1. The van der Waals surface area contributed by atoms with E-state index in [4.69, 9.17) is 12.2 Å². The van der Waals surface area contributed by atoms with E-state index in [1.54, 1.807) is 18.2 Å². The minimum Gasteiger partial charge on any atom is -0.332 e. The Bertz CT molecular complexity index is 1020. The number of hydrogen-bond donors (Lipinski definition) is 3. The lowest BCUT2D eigenvalue weighted by Gasteiger charge is -2.09. The van der Waals surface area contributed by atoms with E-state index in [9.17, 15) is 9.59 Å². The molecule has 0 spiro atoms. The third kappa shape index (κ3) is 3.28. The number of carbonyl (C=O) groups is 1. The number of anilines is 1. The number of H-pyrrole nitrogens is 2. The molecule has 0 radical (unpaired) electrons. The normalized spacial score (nSPS) is 11.0. The van der Waals surface area contributed by atoms with E-state index >= 15 is 0 Å². The number of aromatic nitrogens is 2. The first kappa shape index (κ1) is 16.1. The Balaban J connectivity index is 1.88. The van der Waals surface area contributed by atoms with Gasteiger partial charge in [-0.3, -0.25) is 14.6 Å². The molecule has 0 saturated carbocycles. The summed E-state index contributed by atoms with van der Waals surface area (Å²) in [5.41, 5.74) is 2.65. The van der Waals surface area contributed by atoms with Crippen LogP contribution < -0.4 is 10.9 Å². The third-order valence-corrected chi connectivity index (χ3v) is 4.04. The van der Waals surface area contributed by atoms with Gasteiger partial charge in [-0.2, -0.15) is 0 Å². The zero-order valence-electron chi connectivity index (χ0n) is 13.3. The Kier molecular flexibility index (Phi) is 4.31. The Labute approximate surface area is 143 Å². The van der Waals surface area contributed by atoms with Crippen molar-refractivity contribution in [3.05, 3.63) is 68.7 Å². The highest BCUT2D eigenvalue weighted by atomic mass is 32.1. The molecule has 24 heavy (non-hydrogen) atoms. The Hall–Kier alpha value is -2.73. The number of nitrogens with one attached hydrogen (secondary N) is 3. The highest BCUT2D eigenvalue weighted by Gasteiger charge is 2.09. The fraction of sp³-hybridized carbons (Fsp3) is 0.167. The number of carbonyl (C=O) groups excluding carboxylic acids is 1. The molecule has 0 bridgehead atoms. The SMILES string of the molecule is CC(C)c1ccc(NC(=O)c2ccc3c(=O)[nH]c(=S)[nH]c3c2)cc1. The third-order valence-electron chi connectivity index (χ3n) is 3.84. The lowest BCUT2D eigenvalue weighted by Crippen LogP contribution is -2.13. The van der Waals surface area contributed by atoms with Gasteiger partial charge in [-0.1, -0.05) is 26.0 Å². The maximum absolute atomic E-state index is 12.4. The second-order valence-electron chi connectivity index (χ2n) is 5.90. The van der Waals surface area contributed by atoms with Gasteiger partial charge in [0.25, 0.3) is 11.5 Å². The first-order chi connectivity index (χ1) is 11.4. The summed E-state index contributed by atoms with van der Waals surface area (Å²) in [5.74, 6) is 0.199. The summed E-state index contributed by atoms with van der Waals surface area (Å²) in [4.78, 5) is 29.6. The van der Waals surface area contributed by atoms with Crippen LogP contribution >= 0.6 is 12.2 Å². The van der Waals surface area contributed by atoms with Crippen molar-refractivity contribution in [3.63, 3.8) is 0 Å². The van der Waals surface area contributed by atoms with Crippen molar-refractivity contribution >= 4 is 34.7 Å². The zero-order chi connectivity index (χ0) is 17.3. The van der Waals surface area contributed by atoms with Crippen LogP contribution in [-0.4, -0.2) is 15.9 Å². The quantitative estimate of drug-likeness (QED) is 0.632. The van der Waals surface area contributed by atoms with Crippen LogP contribution in [0.5, 0.6) is 0 Å². The predicted molar refractivity (Wildman–Crippen MR) is 98.2 cm³/mol. The van der Waals surface area contributed by atoms with Crippen molar-refractivity contribution in [1.29, 1.82) is 0 Å². The van der Waals surface area contributed by atoms with E-state index in [-0.39, 0.29) is 16.2 Å². The molecule has 3 aromatic rings. The molecule has 5 nitrogen and oxygen atoms in total. The van der Waals surface area contributed by atoms with Crippen LogP contribution in [0.3, 0.4) is 0 Å². The van der Waals surface area contributed by atoms with Crippen LogP contribution in [0.4, 0.5) is 5.69 Å². The average Bonchev–Trinajstić information content (AvgIpc) is 2.54. The smallest absolute Gasteiger partial charge is 0.259 e. The minimum absolute atomic E-state index is 0.231. The average molecular weight is 339 g/mol. The van der Waals surface area contributed by atoms with Crippen LogP contribution in [0.2, 0.25) is 0 Å². The first-order valence-corrected chi connectivity index (χ1v) is 8.02.